The van der Waals surface area contributed by atoms with Crippen molar-refractivity contribution in [2.75, 3.05) is 29.4 Å². The van der Waals surface area contributed by atoms with E-state index >= 15 is 0 Å². The smallest absolute Gasteiger partial charge is 0.324 e. The number of nitrogens with zero attached hydrogens (tertiary/aromatic N) is 4. The number of anilines is 3. The summed E-state index contributed by atoms with van der Waals surface area (Å²) < 4.78 is 0. The highest BCUT2D eigenvalue weighted by Crippen LogP contribution is 2.38. The fourth-order valence-electron chi connectivity index (χ4n) is 5.89. The van der Waals surface area contributed by atoms with E-state index in [0.717, 1.165) is 11.1 Å². The van der Waals surface area contributed by atoms with Crippen LogP contribution in [-0.4, -0.2) is 69.8 Å². The molecule has 0 saturated carbocycles. The van der Waals surface area contributed by atoms with Gasteiger partial charge in [-0.25, -0.2) is 9.69 Å². The van der Waals surface area contributed by atoms with Crippen LogP contribution in [0.25, 0.3) is 0 Å². The van der Waals surface area contributed by atoms with Crippen molar-refractivity contribution in [2.24, 2.45) is 0 Å². The number of aliphatic hydroxyl groups is 1. The molecule has 2 N–H and O–H groups in total. The molecule has 218 valence electrons. The van der Waals surface area contributed by atoms with E-state index in [1.54, 1.807) is 34.1 Å². The number of amides is 2. The molecule has 1 fully saturated rings. The molecule has 1 saturated heterocycles. The number of hydrogen-bond acceptors (Lipinski definition) is 6. The van der Waals surface area contributed by atoms with Crippen molar-refractivity contribution in [3.8, 4) is 0 Å². The summed E-state index contributed by atoms with van der Waals surface area (Å²) >= 11 is 0. The fourth-order valence-corrected chi connectivity index (χ4v) is 5.89. The Kier molecular flexibility index (Phi) is 7.91. The van der Waals surface area contributed by atoms with Gasteiger partial charge < -0.3 is 20.0 Å². The first-order valence-electron chi connectivity index (χ1n) is 14.2. The van der Waals surface area contributed by atoms with Gasteiger partial charge in [-0.05, 0) is 41.5 Å². The standard InChI is InChI=1S/C34H32N4O5/c39-31-21-25-13-7-9-17-28(25)38(29-18-10-8-16-27(29)31)34(43)36-20-19-35(23-30(36)32(40)41)33(42)37(26-14-5-2-6-15-26)22-24-11-3-1-4-12-24/h1-18,30,34,43H,19-23H2,(H,40,41)/t30-,34?/m0/s1. The number of Topliss-reactive ketones (excluding diaryl/α,β-unsaturated/α-hetero) is 1. The first kappa shape index (κ1) is 28.1. The van der Waals surface area contributed by atoms with Crippen molar-refractivity contribution < 1.29 is 24.6 Å². The molecular formula is C34H32N4O5. The van der Waals surface area contributed by atoms with Crippen LogP contribution in [0.4, 0.5) is 21.9 Å². The van der Waals surface area contributed by atoms with Gasteiger partial charge in [0.15, 0.2) is 12.1 Å². The zero-order valence-electron chi connectivity index (χ0n) is 23.5. The van der Waals surface area contributed by atoms with Crippen LogP contribution in [0.3, 0.4) is 0 Å². The van der Waals surface area contributed by atoms with Gasteiger partial charge >= 0.3 is 12.0 Å². The van der Waals surface area contributed by atoms with Crippen LogP contribution in [0.5, 0.6) is 0 Å². The molecule has 2 aliphatic rings. The van der Waals surface area contributed by atoms with Gasteiger partial charge in [0, 0.05) is 43.0 Å². The molecule has 0 bridgehead atoms. The van der Waals surface area contributed by atoms with E-state index in [4.69, 9.17) is 0 Å². The number of para-hydroxylation sites is 3. The zero-order valence-corrected chi connectivity index (χ0v) is 23.5. The van der Waals surface area contributed by atoms with E-state index in [0.29, 0.717) is 29.2 Å². The number of carboxylic acid groups (broad SMARTS) is 1. The molecule has 0 aliphatic carbocycles. The van der Waals surface area contributed by atoms with Gasteiger partial charge in [0.1, 0.15) is 6.04 Å². The predicted octanol–water partition coefficient (Wildman–Crippen LogP) is 4.74. The Hall–Kier alpha value is -4.99. The Labute approximate surface area is 249 Å². The van der Waals surface area contributed by atoms with Gasteiger partial charge in [0.05, 0.1) is 12.2 Å². The summed E-state index contributed by atoms with van der Waals surface area (Å²) in [7, 11) is 0. The molecule has 0 spiro atoms. The van der Waals surface area contributed by atoms with Crippen LogP contribution in [0.15, 0.2) is 109 Å². The summed E-state index contributed by atoms with van der Waals surface area (Å²) in [5.74, 6) is -1.24. The molecule has 0 radical (unpaired) electrons. The van der Waals surface area contributed by atoms with Crippen molar-refractivity contribution >= 4 is 34.8 Å². The number of aliphatic carboxylic acids is 1. The van der Waals surface area contributed by atoms with Crippen molar-refractivity contribution in [3.05, 3.63) is 126 Å². The Morgan fingerprint density at radius 3 is 2.16 bits per heavy atom. The van der Waals surface area contributed by atoms with Crippen molar-refractivity contribution in [1.29, 1.82) is 0 Å². The number of carboxylic acids is 1. The molecule has 2 atom stereocenters. The number of piperazine rings is 1. The first-order chi connectivity index (χ1) is 20.9. The van der Waals surface area contributed by atoms with Crippen molar-refractivity contribution in [3.63, 3.8) is 0 Å². The van der Waals surface area contributed by atoms with E-state index in [2.05, 4.69) is 0 Å². The van der Waals surface area contributed by atoms with E-state index < -0.39 is 18.4 Å². The Morgan fingerprint density at radius 2 is 1.44 bits per heavy atom. The number of carbonyl (C=O) groups is 3. The Bertz CT molecular complexity index is 1630. The number of rotatable bonds is 6. The van der Waals surface area contributed by atoms with Gasteiger partial charge in [-0.15, -0.1) is 0 Å². The molecule has 6 rings (SSSR count). The Balaban J connectivity index is 1.30. The van der Waals surface area contributed by atoms with Crippen LogP contribution < -0.4 is 9.80 Å². The normalized spacial score (nSPS) is 17.4. The highest BCUT2D eigenvalue weighted by molar-refractivity contribution is 6.05. The first-order valence-corrected chi connectivity index (χ1v) is 14.2. The predicted molar refractivity (Wildman–Crippen MR) is 163 cm³/mol. The lowest BCUT2D eigenvalue weighted by Gasteiger charge is -2.46. The number of aliphatic hydroxyl groups excluding tert-OH is 1. The minimum Gasteiger partial charge on any atom is -0.480 e. The third-order valence-electron chi connectivity index (χ3n) is 8.05. The van der Waals surface area contributed by atoms with Crippen LogP contribution in [0.2, 0.25) is 0 Å². The lowest BCUT2D eigenvalue weighted by Crippen LogP contribution is -2.64. The molecule has 9 nitrogen and oxygen atoms in total. The molecule has 1 unspecified atom stereocenters. The van der Waals surface area contributed by atoms with Gasteiger partial charge in [0.25, 0.3) is 0 Å². The lowest BCUT2D eigenvalue weighted by molar-refractivity contribution is -0.151. The second-order valence-electron chi connectivity index (χ2n) is 10.7. The number of hydrogen-bond donors (Lipinski definition) is 2. The molecule has 2 heterocycles. The summed E-state index contributed by atoms with van der Waals surface area (Å²) in [6.45, 7) is 0.500. The molecular weight excluding hydrogens is 544 g/mol. The van der Waals surface area contributed by atoms with Gasteiger partial charge in [-0.1, -0.05) is 78.9 Å². The molecule has 2 aliphatic heterocycles. The molecule has 4 aromatic carbocycles. The summed E-state index contributed by atoms with van der Waals surface area (Å²) in [5.41, 5.74) is 3.98. The van der Waals surface area contributed by atoms with Gasteiger partial charge in [0.2, 0.25) is 0 Å². The minimum absolute atomic E-state index is 0.0811. The number of fused-ring (bicyclic) bond motifs is 2. The van der Waals surface area contributed by atoms with E-state index in [1.165, 1.54) is 9.80 Å². The van der Waals surface area contributed by atoms with E-state index in [-0.39, 0.29) is 37.9 Å². The minimum atomic E-state index is -1.40. The molecule has 4 aromatic rings. The van der Waals surface area contributed by atoms with Crippen molar-refractivity contribution in [1.82, 2.24) is 9.80 Å². The number of ketones is 1. The summed E-state index contributed by atoms with van der Waals surface area (Å²) in [4.78, 5) is 46.1. The zero-order chi connectivity index (χ0) is 29.9. The van der Waals surface area contributed by atoms with E-state index in [1.807, 2.05) is 84.9 Å². The Morgan fingerprint density at radius 1 is 0.814 bits per heavy atom. The second-order valence-corrected chi connectivity index (χ2v) is 10.7. The van der Waals surface area contributed by atoms with E-state index in [9.17, 15) is 24.6 Å². The highest BCUT2D eigenvalue weighted by Gasteiger charge is 2.42. The van der Waals surface area contributed by atoms with Crippen molar-refractivity contribution in [2.45, 2.75) is 25.4 Å². The topological polar surface area (TPSA) is 105 Å². The number of urea groups is 1. The molecule has 9 heteroatoms. The number of benzene rings is 4. The average Bonchev–Trinajstić information content (AvgIpc) is 3.17. The van der Waals surface area contributed by atoms with Crippen LogP contribution in [0.1, 0.15) is 21.5 Å². The third-order valence-corrected chi connectivity index (χ3v) is 8.05. The lowest BCUT2D eigenvalue weighted by atomic mass is 10.0. The molecule has 43 heavy (non-hydrogen) atoms. The maximum atomic E-state index is 14.0. The fraction of sp³-hybridized carbons (Fsp3) is 0.206. The van der Waals surface area contributed by atoms with Crippen LogP contribution in [0, 0.1) is 0 Å². The monoisotopic (exact) mass is 576 g/mol. The largest absolute Gasteiger partial charge is 0.480 e. The average molecular weight is 577 g/mol. The summed E-state index contributed by atoms with van der Waals surface area (Å²) in [6.07, 6.45) is -1.24. The van der Waals surface area contributed by atoms with Crippen LogP contribution >= 0.6 is 0 Å². The number of carbonyl (C=O) groups excluding carboxylic acids is 2. The second kappa shape index (κ2) is 12.1. The highest BCUT2D eigenvalue weighted by atomic mass is 16.4. The maximum Gasteiger partial charge on any atom is 0.324 e. The SMILES string of the molecule is O=C1Cc2ccccc2N(C(O)N2CCN(C(=O)N(Cc3ccccc3)c3ccccc3)C[C@H]2C(=O)O)c2ccccc21. The molecule has 2 amide bonds. The summed E-state index contributed by atoms with van der Waals surface area (Å²) in [6, 6.07) is 31.8. The maximum absolute atomic E-state index is 14.0. The summed E-state index contributed by atoms with van der Waals surface area (Å²) in [5, 5.41) is 22.3. The molecule has 0 aromatic heterocycles. The van der Waals surface area contributed by atoms with Gasteiger partial charge in [-0.2, -0.15) is 0 Å². The third kappa shape index (κ3) is 5.60. The van der Waals surface area contributed by atoms with Crippen LogP contribution in [-0.2, 0) is 17.8 Å². The van der Waals surface area contributed by atoms with Gasteiger partial charge in [-0.3, -0.25) is 14.5 Å². The quantitative estimate of drug-likeness (QED) is 0.342.